The quantitative estimate of drug-likeness (QED) is 0.435. The zero-order chi connectivity index (χ0) is 12.1. The van der Waals surface area contributed by atoms with Crippen molar-refractivity contribution in [1.82, 2.24) is 0 Å². The third kappa shape index (κ3) is 2.81. The van der Waals surface area contributed by atoms with E-state index >= 15 is 0 Å². The lowest BCUT2D eigenvalue weighted by molar-refractivity contribution is -0.162. The van der Waals surface area contributed by atoms with E-state index in [0.29, 0.717) is 0 Å². The smallest absolute Gasteiger partial charge is 0.337 e. The largest absolute Gasteiger partial charge is 0.480 e. The molecule has 0 bridgehead atoms. The molecule has 16 heavy (non-hydrogen) atoms. The van der Waals surface area contributed by atoms with Gasteiger partial charge in [0.15, 0.2) is 0 Å². The summed E-state index contributed by atoms with van der Waals surface area (Å²) < 4.78 is 4.60. The number of para-hydroxylation sites is 1. The van der Waals surface area contributed by atoms with Crippen molar-refractivity contribution < 1.29 is 29.3 Å². The number of rotatable bonds is 4. The average molecular weight is 224 g/mol. The maximum absolute atomic E-state index is 11.2. The molecule has 6 heteroatoms. The van der Waals surface area contributed by atoms with Crippen molar-refractivity contribution >= 4 is 17.9 Å². The number of hydrogen-bond acceptors (Lipinski definition) is 4. The highest BCUT2D eigenvalue weighted by Gasteiger charge is 2.35. The minimum absolute atomic E-state index is 0.0972. The van der Waals surface area contributed by atoms with Gasteiger partial charge in [-0.3, -0.25) is 14.4 Å². The second-order valence-electron chi connectivity index (χ2n) is 2.84. The number of benzene rings is 1. The fourth-order valence-electron chi connectivity index (χ4n) is 0.971. The molecule has 0 unspecified atom stereocenters. The number of hydrogen-bond donors (Lipinski definition) is 2. The molecular weight excluding hydrogens is 216 g/mol. The Hall–Kier alpha value is -2.37. The van der Waals surface area contributed by atoms with Crippen LogP contribution in [0.25, 0.3) is 0 Å². The Kier molecular flexibility index (Phi) is 3.60. The molecule has 0 spiro atoms. The Morgan fingerprint density at radius 3 is 1.94 bits per heavy atom. The van der Waals surface area contributed by atoms with Gasteiger partial charge < -0.3 is 14.9 Å². The topological polar surface area (TPSA) is 101 Å². The second-order valence-corrected chi connectivity index (χ2v) is 2.84. The molecule has 84 valence electrons. The van der Waals surface area contributed by atoms with Crippen LogP contribution in [-0.2, 0) is 14.4 Å². The van der Waals surface area contributed by atoms with Crippen molar-refractivity contribution in [2.45, 2.75) is 0 Å². The molecule has 1 aromatic carbocycles. The van der Waals surface area contributed by atoms with Gasteiger partial charge in [0.05, 0.1) is 0 Å². The van der Waals surface area contributed by atoms with Crippen LogP contribution in [0.2, 0.25) is 0 Å². The third-order valence-electron chi connectivity index (χ3n) is 1.69. The van der Waals surface area contributed by atoms with Crippen molar-refractivity contribution in [1.29, 1.82) is 0 Å². The molecule has 0 aromatic heterocycles. The Morgan fingerprint density at radius 2 is 1.50 bits per heavy atom. The van der Waals surface area contributed by atoms with E-state index in [-0.39, 0.29) is 5.75 Å². The van der Waals surface area contributed by atoms with Crippen LogP contribution in [-0.4, -0.2) is 28.1 Å². The highest BCUT2D eigenvalue weighted by atomic mass is 16.5. The molecule has 0 fully saturated rings. The predicted octanol–water partition coefficient (Wildman–Crippen LogP) is 0.377. The number of carbonyl (C=O) groups excluding carboxylic acids is 1. The summed E-state index contributed by atoms with van der Waals surface area (Å²) in [4.78, 5) is 32.2. The van der Waals surface area contributed by atoms with Crippen LogP contribution in [0.4, 0.5) is 0 Å². The third-order valence-corrected chi connectivity index (χ3v) is 1.69. The molecule has 6 nitrogen and oxygen atoms in total. The number of ether oxygens (including phenoxy) is 1. The van der Waals surface area contributed by atoms with Crippen LogP contribution < -0.4 is 4.74 Å². The highest BCUT2D eigenvalue weighted by Crippen LogP contribution is 2.11. The number of esters is 1. The summed E-state index contributed by atoms with van der Waals surface area (Å²) >= 11 is 0. The lowest BCUT2D eigenvalue weighted by Gasteiger charge is -2.07. The van der Waals surface area contributed by atoms with Crippen molar-refractivity contribution in [2.75, 3.05) is 0 Å². The van der Waals surface area contributed by atoms with Gasteiger partial charge in [0.1, 0.15) is 5.75 Å². The van der Waals surface area contributed by atoms with Crippen LogP contribution in [0.15, 0.2) is 30.3 Å². The highest BCUT2D eigenvalue weighted by molar-refractivity contribution is 6.11. The second kappa shape index (κ2) is 4.92. The average Bonchev–Trinajstić information content (AvgIpc) is 2.17. The molecule has 0 aliphatic carbocycles. The van der Waals surface area contributed by atoms with Gasteiger partial charge in [0.25, 0.3) is 5.92 Å². The van der Waals surface area contributed by atoms with E-state index in [2.05, 4.69) is 4.74 Å². The summed E-state index contributed by atoms with van der Waals surface area (Å²) in [6.07, 6.45) is 0. The van der Waals surface area contributed by atoms with Crippen LogP contribution in [0.3, 0.4) is 0 Å². The Labute approximate surface area is 90.1 Å². The number of carboxylic acids is 2. The van der Waals surface area contributed by atoms with Crippen LogP contribution in [0.1, 0.15) is 0 Å². The molecular formula is C10H8O6. The molecule has 2 N–H and O–H groups in total. The monoisotopic (exact) mass is 224 g/mol. The van der Waals surface area contributed by atoms with E-state index in [9.17, 15) is 14.4 Å². The Balaban J connectivity index is 2.78. The lowest BCUT2D eigenvalue weighted by atomic mass is 10.1. The summed E-state index contributed by atoms with van der Waals surface area (Å²) in [5, 5.41) is 17.0. The first-order valence-electron chi connectivity index (χ1n) is 4.24. The van der Waals surface area contributed by atoms with Crippen LogP contribution >= 0.6 is 0 Å². The normalized spacial score (nSPS) is 9.81. The summed E-state index contributed by atoms with van der Waals surface area (Å²) in [6, 6.07) is 7.64. The lowest BCUT2D eigenvalue weighted by Crippen LogP contribution is -2.34. The summed E-state index contributed by atoms with van der Waals surface area (Å²) in [5.74, 6) is -6.95. The van der Waals surface area contributed by atoms with Gasteiger partial charge >= 0.3 is 17.9 Å². The molecule has 0 atom stereocenters. The van der Waals surface area contributed by atoms with Crippen LogP contribution in [0, 0.1) is 5.92 Å². The maximum atomic E-state index is 11.2. The number of carbonyl (C=O) groups is 3. The van der Waals surface area contributed by atoms with Gasteiger partial charge in [-0.2, -0.15) is 0 Å². The van der Waals surface area contributed by atoms with Gasteiger partial charge in [-0.15, -0.1) is 0 Å². The van der Waals surface area contributed by atoms with Gasteiger partial charge in [-0.25, -0.2) is 0 Å². The van der Waals surface area contributed by atoms with Gasteiger partial charge in [0.2, 0.25) is 0 Å². The molecule has 0 heterocycles. The first kappa shape index (κ1) is 11.7. The molecule has 0 amide bonds. The zero-order valence-corrected chi connectivity index (χ0v) is 7.99. The maximum Gasteiger partial charge on any atom is 0.337 e. The van der Waals surface area contributed by atoms with Crippen molar-refractivity contribution in [3.05, 3.63) is 30.3 Å². The van der Waals surface area contributed by atoms with Crippen LogP contribution in [0.5, 0.6) is 5.75 Å². The molecule has 0 radical (unpaired) electrons. The first-order chi connectivity index (χ1) is 7.52. The summed E-state index contributed by atoms with van der Waals surface area (Å²) in [7, 11) is 0. The Bertz CT molecular complexity index is 397. The van der Waals surface area contributed by atoms with Crippen molar-refractivity contribution in [3.8, 4) is 5.75 Å². The zero-order valence-electron chi connectivity index (χ0n) is 7.99. The number of carboxylic acid groups (broad SMARTS) is 2. The molecule has 1 rings (SSSR count). The fraction of sp³-hybridized carbons (Fsp3) is 0.100. The van der Waals surface area contributed by atoms with Gasteiger partial charge in [-0.1, -0.05) is 18.2 Å². The standard InChI is InChI=1S/C10H8O6/c11-8(12)7(9(13)14)10(15)16-6-4-2-1-3-5-6/h1-5,7H,(H,11,12)(H,13,14). The fourth-order valence-corrected chi connectivity index (χ4v) is 0.971. The summed E-state index contributed by atoms with van der Waals surface area (Å²) in [5.41, 5.74) is 0. The predicted molar refractivity (Wildman–Crippen MR) is 50.8 cm³/mol. The minimum atomic E-state index is -2.21. The first-order valence-corrected chi connectivity index (χ1v) is 4.24. The van der Waals surface area contributed by atoms with Gasteiger partial charge in [-0.05, 0) is 12.1 Å². The van der Waals surface area contributed by atoms with Crippen molar-refractivity contribution in [3.63, 3.8) is 0 Å². The van der Waals surface area contributed by atoms with E-state index in [4.69, 9.17) is 10.2 Å². The number of aliphatic carboxylic acids is 2. The molecule has 1 aromatic rings. The summed E-state index contributed by atoms with van der Waals surface area (Å²) in [6.45, 7) is 0. The molecule has 0 saturated carbocycles. The molecule has 0 aliphatic heterocycles. The van der Waals surface area contributed by atoms with E-state index in [0.717, 1.165) is 0 Å². The van der Waals surface area contributed by atoms with Crippen molar-refractivity contribution in [2.24, 2.45) is 5.92 Å². The molecule has 0 saturated heterocycles. The SMILES string of the molecule is O=C(O)C(C(=O)O)C(=O)Oc1ccccc1. The minimum Gasteiger partial charge on any atom is -0.480 e. The van der Waals surface area contributed by atoms with E-state index < -0.39 is 23.8 Å². The molecule has 0 aliphatic rings. The van der Waals surface area contributed by atoms with E-state index in [1.807, 2.05) is 0 Å². The van der Waals surface area contributed by atoms with E-state index in [1.54, 1.807) is 18.2 Å². The van der Waals surface area contributed by atoms with E-state index in [1.165, 1.54) is 12.1 Å². The Morgan fingerprint density at radius 1 is 1.00 bits per heavy atom. The van der Waals surface area contributed by atoms with Gasteiger partial charge in [0, 0.05) is 0 Å².